The van der Waals surface area contributed by atoms with Crippen LogP contribution < -0.4 is 15.6 Å². The van der Waals surface area contributed by atoms with Crippen LogP contribution in [0.5, 0.6) is 5.75 Å². The summed E-state index contributed by atoms with van der Waals surface area (Å²) in [5.41, 5.74) is 1.99. The van der Waals surface area contributed by atoms with Crippen molar-refractivity contribution in [3.63, 3.8) is 0 Å². The Morgan fingerprint density at radius 3 is 2.54 bits per heavy atom. The molecule has 0 aliphatic carbocycles. The molecule has 2 heterocycles. The van der Waals surface area contributed by atoms with Gasteiger partial charge >= 0.3 is 0 Å². The molecule has 4 aromatic rings. The van der Waals surface area contributed by atoms with Crippen LogP contribution in [0, 0.1) is 6.92 Å². The van der Waals surface area contributed by atoms with Crippen LogP contribution in [-0.4, -0.2) is 26.5 Å². The number of benzene rings is 2. The van der Waals surface area contributed by atoms with E-state index in [0.717, 1.165) is 16.6 Å². The fourth-order valence-corrected chi connectivity index (χ4v) is 2.83. The van der Waals surface area contributed by atoms with Gasteiger partial charge in [-0.05, 0) is 38.1 Å². The largest absolute Gasteiger partial charge is 0.494 e. The van der Waals surface area contributed by atoms with E-state index in [1.54, 1.807) is 18.2 Å². The summed E-state index contributed by atoms with van der Waals surface area (Å²) in [4.78, 5) is 28.5. The van der Waals surface area contributed by atoms with Crippen molar-refractivity contribution >= 4 is 33.7 Å². The molecule has 0 aliphatic heterocycles. The molecule has 28 heavy (non-hydrogen) atoms. The SMILES string of the molecule is CC.CCOc1ccc2nc(Nc3nc(C)c4ccccc4n3)[nH]c(=O)c2c1. The number of rotatable bonds is 4. The number of aryl methyl sites for hydroxylation is 1. The number of hydrogen-bond acceptors (Lipinski definition) is 6. The van der Waals surface area contributed by atoms with Gasteiger partial charge in [0, 0.05) is 5.39 Å². The summed E-state index contributed by atoms with van der Waals surface area (Å²) < 4.78 is 5.43. The third-order valence-electron chi connectivity index (χ3n) is 4.01. The van der Waals surface area contributed by atoms with Crippen LogP contribution in [0.15, 0.2) is 47.3 Å². The van der Waals surface area contributed by atoms with Gasteiger partial charge in [-0.3, -0.25) is 15.1 Å². The van der Waals surface area contributed by atoms with E-state index in [1.165, 1.54) is 0 Å². The molecule has 2 aromatic heterocycles. The summed E-state index contributed by atoms with van der Waals surface area (Å²) in [6.45, 7) is 8.35. The van der Waals surface area contributed by atoms with E-state index in [0.29, 0.717) is 35.2 Å². The molecule has 0 saturated carbocycles. The minimum Gasteiger partial charge on any atom is -0.494 e. The molecule has 144 valence electrons. The van der Waals surface area contributed by atoms with Crippen molar-refractivity contribution in [2.75, 3.05) is 11.9 Å². The molecule has 4 rings (SSSR count). The first kappa shape index (κ1) is 19.3. The normalized spacial score (nSPS) is 10.4. The van der Waals surface area contributed by atoms with Crippen LogP contribution in [0.25, 0.3) is 21.8 Å². The molecule has 0 fully saturated rings. The first-order chi connectivity index (χ1) is 13.6. The Bertz CT molecular complexity index is 1170. The molecule has 2 aromatic carbocycles. The van der Waals surface area contributed by atoms with Crippen molar-refractivity contribution in [3.05, 3.63) is 58.5 Å². The van der Waals surface area contributed by atoms with Crippen molar-refractivity contribution in [3.8, 4) is 5.75 Å². The Hall–Kier alpha value is -3.48. The second kappa shape index (κ2) is 8.47. The number of nitrogens with one attached hydrogen (secondary N) is 2. The maximum absolute atomic E-state index is 12.4. The van der Waals surface area contributed by atoms with Gasteiger partial charge in [-0.2, -0.15) is 0 Å². The van der Waals surface area contributed by atoms with Crippen molar-refractivity contribution in [1.82, 2.24) is 19.9 Å². The van der Waals surface area contributed by atoms with E-state index in [4.69, 9.17) is 4.74 Å². The number of aromatic amines is 1. The summed E-state index contributed by atoms with van der Waals surface area (Å²) in [6.07, 6.45) is 0. The number of hydrogen-bond donors (Lipinski definition) is 2. The maximum atomic E-state index is 12.4. The first-order valence-electron chi connectivity index (χ1n) is 9.31. The molecule has 7 heteroatoms. The maximum Gasteiger partial charge on any atom is 0.260 e. The number of ether oxygens (including phenoxy) is 1. The Morgan fingerprint density at radius 1 is 1.00 bits per heavy atom. The van der Waals surface area contributed by atoms with Crippen molar-refractivity contribution < 1.29 is 4.74 Å². The predicted octanol–water partition coefficient (Wildman–Crippen LogP) is 4.34. The highest BCUT2D eigenvalue weighted by molar-refractivity contribution is 5.82. The zero-order valence-electron chi connectivity index (χ0n) is 16.4. The van der Waals surface area contributed by atoms with E-state index in [9.17, 15) is 4.79 Å². The summed E-state index contributed by atoms with van der Waals surface area (Å²) in [5.74, 6) is 1.32. The van der Waals surface area contributed by atoms with Crippen LogP contribution in [0.4, 0.5) is 11.9 Å². The number of fused-ring (bicyclic) bond motifs is 2. The van der Waals surface area contributed by atoms with E-state index in [2.05, 4.69) is 25.3 Å². The summed E-state index contributed by atoms with van der Waals surface area (Å²) in [7, 11) is 0. The molecule has 0 aliphatic rings. The molecule has 0 radical (unpaired) electrons. The van der Waals surface area contributed by atoms with Crippen LogP contribution in [-0.2, 0) is 0 Å². The highest BCUT2D eigenvalue weighted by Crippen LogP contribution is 2.20. The van der Waals surface area contributed by atoms with Gasteiger partial charge in [0.05, 0.1) is 28.7 Å². The fraction of sp³-hybridized carbons (Fsp3) is 0.238. The molecular weight excluding hydrogens is 354 g/mol. The Kier molecular flexibility index (Phi) is 5.84. The summed E-state index contributed by atoms with van der Waals surface area (Å²) in [6, 6.07) is 13.0. The molecule has 0 amide bonds. The van der Waals surface area contributed by atoms with Crippen LogP contribution in [0.2, 0.25) is 0 Å². The Morgan fingerprint density at radius 2 is 1.75 bits per heavy atom. The summed E-state index contributed by atoms with van der Waals surface area (Å²) >= 11 is 0. The van der Waals surface area contributed by atoms with Crippen molar-refractivity contribution in [1.29, 1.82) is 0 Å². The van der Waals surface area contributed by atoms with Gasteiger partial charge in [0.15, 0.2) is 0 Å². The smallest absolute Gasteiger partial charge is 0.260 e. The molecular formula is C21H23N5O2. The zero-order valence-corrected chi connectivity index (χ0v) is 16.4. The highest BCUT2D eigenvalue weighted by atomic mass is 16.5. The number of H-pyrrole nitrogens is 1. The molecule has 0 bridgehead atoms. The average Bonchev–Trinajstić information content (AvgIpc) is 2.70. The lowest BCUT2D eigenvalue weighted by atomic mass is 10.2. The molecule has 0 atom stereocenters. The molecule has 7 nitrogen and oxygen atoms in total. The van der Waals surface area contributed by atoms with Gasteiger partial charge < -0.3 is 4.74 Å². The monoisotopic (exact) mass is 377 g/mol. The second-order valence-electron chi connectivity index (χ2n) is 5.80. The number of nitrogens with zero attached hydrogens (tertiary/aromatic N) is 3. The molecule has 0 saturated heterocycles. The van der Waals surface area contributed by atoms with E-state index in [1.807, 2.05) is 52.0 Å². The van der Waals surface area contributed by atoms with Crippen LogP contribution >= 0.6 is 0 Å². The summed E-state index contributed by atoms with van der Waals surface area (Å²) in [5, 5.41) is 4.45. The quantitative estimate of drug-likeness (QED) is 0.549. The van der Waals surface area contributed by atoms with Gasteiger partial charge in [-0.15, -0.1) is 0 Å². The highest BCUT2D eigenvalue weighted by Gasteiger charge is 2.09. The molecule has 0 unspecified atom stereocenters. The standard InChI is InChI=1S/C19H17N5O2.C2H6/c1-3-26-12-8-9-16-14(10-12)17(25)23-19(22-16)24-18-20-11(2)13-6-4-5-7-15(13)21-18;1-2/h4-10H,3H2,1-2H3,(H2,20,21,22,23,24,25);1-2H3. The lowest BCUT2D eigenvalue weighted by Crippen LogP contribution is -2.12. The van der Waals surface area contributed by atoms with Gasteiger partial charge in [0.1, 0.15) is 5.75 Å². The van der Waals surface area contributed by atoms with E-state index in [-0.39, 0.29) is 5.56 Å². The first-order valence-corrected chi connectivity index (χ1v) is 9.31. The van der Waals surface area contributed by atoms with Crippen LogP contribution in [0.1, 0.15) is 26.5 Å². The average molecular weight is 377 g/mol. The number of aromatic nitrogens is 4. The van der Waals surface area contributed by atoms with Crippen LogP contribution in [0.3, 0.4) is 0 Å². The Balaban J connectivity index is 0.00000109. The number of para-hydroxylation sites is 1. The topological polar surface area (TPSA) is 92.8 Å². The Labute approximate surface area is 162 Å². The predicted molar refractivity (Wildman–Crippen MR) is 112 cm³/mol. The van der Waals surface area contributed by atoms with Gasteiger partial charge in [-0.1, -0.05) is 32.0 Å². The van der Waals surface area contributed by atoms with E-state index < -0.39 is 0 Å². The van der Waals surface area contributed by atoms with Crippen molar-refractivity contribution in [2.24, 2.45) is 0 Å². The minimum atomic E-state index is -0.253. The van der Waals surface area contributed by atoms with Gasteiger partial charge in [-0.25, -0.2) is 15.0 Å². The molecule has 0 spiro atoms. The van der Waals surface area contributed by atoms with E-state index >= 15 is 0 Å². The third-order valence-corrected chi connectivity index (χ3v) is 4.01. The molecule has 2 N–H and O–H groups in total. The van der Waals surface area contributed by atoms with Gasteiger partial charge in [0.2, 0.25) is 11.9 Å². The lowest BCUT2D eigenvalue weighted by Gasteiger charge is -2.08. The minimum absolute atomic E-state index is 0.253. The number of anilines is 2. The lowest BCUT2D eigenvalue weighted by molar-refractivity contribution is 0.340. The second-order valence-corrected chi connectivity index (χ2v) is 5.80. The zero-order chi connectivity index (χ0) is 20.1. The third kappa shape index (κ3) is 3.93. The van der Waals surface area contributed by atoms with Crippen molar-refractivity contribution in [2.45, 2.75) is 27.7 Å². The fourth-order valence-electron chi connectivity index (χ4n) is 2.83. The van der Waals surface area contributed by atoms with Gasteiger partial charge in [0.25, 0.3) is 5.56 Å².